The number of hydrogen-bond acceptors (Lipinski definition) is 3. The highest BCUT2D eigenvalue weighted by Gasteiger charge is 2.21. The number of rotatable bonds is 2. The molecule has 0 radical (unpaired) electrons. The van der Waals surface area contributed by atoms with Gasteiger partial charge in [0, 0.05) is 29.1 Å². The fourth-order valence-electron chi connectivity index (χ4n) is 2.95. The Balaban J connectivity index is 2.06. The van der Waals surface area contributed by atoms with Crippen molar-refractivity contribution in [3.8, 4) is 11.4 Å². The average molecular weight is 267 g/mol. The van der Waals surface area contributed by atoms with Gasteiger partial charge in [0.25, 0.3) is 0 Å². The lowest BCUT2D eigenvalue weighted by atomic mass is 9.92. The zero-order chi connectivity index (χ0) is 14.1. The molecule has 1 aliphatic carbocycles. The SMILES string of the molecule is CNC1CCCc2nc(-c3cc(C)ccc3C)ncc21. The fourth-order valence-corrected chi connectivity index (χ4v) is 2.95. The zero-order valence-corrected chi connectivity index (χ0v) is 12.4. The van der Waals surface area contributed by atoms with Crippen LogP contribution < -0.4 is 5.32 Å². The van der Waals surface area contributed by atoms with E-state index < -0.39 is 0 Å². The molecule has 3 rings (SSSR count). The first-order valence-corrected chi connectivity index (χ1v) is 7.29. The van der Waals surface area contributed by atoms with Crippen molar-refractivity contribution in [3.05, 3.63) is 46.8 Å². The van der Waals surface area contributed by atoms with Crippen LogP contribution in [0.3, 0.4) is 0 Å². The molecular weight excluding hydrogens is 246 g/mol. The average Bonchev–Trinajstić information content (AvgIpc) is 2.48. The second-order valence-corrected chi connectivity index (χ2v) is 5.65. The summed E-state index contributed by atoms with van der Waals surface area (Å²) in [4.78, 5) is 9.44. The van der Waals surface area contributed by atoms with Gasteiger partial charge in [0.05, 0.1) is 0 Å². The number of aromatic nitrogens is 2. The first-order chi connectivity index (χ1) is 9.69. The maximum Gasteiger partial charge on any atom is 0.159 e. The van der Waals surface area contributed by atoms with Crippen molar-refractivity contribution in [3.63, 3.8) is 0 Å². The van der Waals surface area contributed by atoms with Crippen LogP contribution in [0, 0.1) is 13.8 Å². The molecule has 1 N–H and O–H groups in total. The van der Waals surface area contributed by atoms with E-state index in [4.69, 9.17) is 4.98 Å². The molecule has 0 saturated carbocycles. The summed E-state index contributed by atoms with van der Waals surface area (Å²) in [6.07, 6.45) is 5.45. The van der Waals surface area contributed by atoms with E-state index in [0.29, 0.717) is 6.04 Å². The van der Waals surface area contributed by atoms with Gasteiger partial charge in [-0.3, -0.25) is 0 Å². The van der Waals surface area contributed by atoms with E-state index in [1.54, 1.807) is 0 Å². The summed E-state index contributed by atoms with van der Waals surface area (Å²) in [5.74, 6) is 0.863. The summed E-state index contributed by atoms with van der Waals surface area (Å²) in [5, 5.41) is 3.36. The third kappa shape index (κ3) is 2.34. The molecule has 1 aromatic heterocycles. The number of fused-ring (bicyclic) bond motifs is 1. The minimum absolute atomic E-state index is 0.409. The Morgan fingerprint density at radius 1 is 1.25 bits per heavy atom. The normalized spacial score (nSPS) is 17.9. The maximum atomic E-state index is 4.83. The Hall–Kier alpha value is -1.74. The second-order valence-electron chi connectivity index (χ2n) is 5.65. The largest absolute Gasteiger partial charge is 0.313 e. The van der Waals surface area contributed by atoms with Crippen molar-refractivity contribution in [2.75, 3.05) is 7.05 Å². The van der Waals surface area contributed by atoms with Gasteiger partial charge in [0.15, 0.2) is 5.82 Å². The van der Waals surface area contributed by atoms with Crippen LogP contribution in [-0.2, 0) is 6.42 Å². The minimum Gasteiger partial charge on any atom is -0.313 e. The molecule has 0 aliphatic heterocycles. The summed E-state index contributed by atoms with van der Waals surface area (Å²) in [6.45, 7) is 4.23. The third-order valence-corrected chi connectivity index (χ3v) is 4.16. The standard InChI is InChI=1S/C17H21N3/c1-11-7-8-12(2)13(9-11)17-19-10-14-15(18-3)5-4-6-16(14)20-17/h7-10,15,18H,4-6H2,1-3H3. The van der Waals surface area contributed by atoms with Gasteiger partial charge in [-0.15, -0.1) is 0 Å². The molecule has 0 saturated heterocycles. The van der Waals surface area contributed by atoms with Gasteiger partial charge in [-0.2, -0.15) is 0 Å². The molecular formula is C17H21N3. The summed E-state index contributed by atoms with van der Waals surface area (Å²) in [7, 11) is 2.01. The van der Waals surface area contributed by atoms with Crippen LogP contribution in [0.15, 0.2) is 24.4 Å². The van der Waals surface area contributed by atoms with Gasteiger partial charge in [-0.25, -0.2) is 9.97 Å². The first kappa shape index (κ1) is 13.3. The molecule has 0 spiro atoms. The van der Waals surface area contributed by atoms with E-state index in [-0.39, 0.29) is 0 Å². The zero-order valence-electron chi connectivity index (χ0n) is 12.4. The number of nitrogens with one attached hydrogen (secondary N) is 1. The summed E-state index contributed by atoms with van der Waals surface area (Å²) in [6, 6.07) is 6.86. The monoisotopic (exact) mass is 267 g/mol. The second kappa shape index (κ2) is 5.33. The van der Waals surface area contributed by atoms with Crippen molar-refractivity contribution in [2.45, 2.75) is 39.2 Å². The summed E-state index contributed by atoms with van der Waals surface area (Å²) >= 11 is 0. The van der Waals surface area contributed by atoms with Gasteiger partial charge < -0.3 is 5.32 Å². The minimum atomic E-state index is 0.409. The lowest BCUT2D eigenvalue weighted by Crippen LogP contribution is -2.22. The fraction of sp³-hybridized carbons (Fsp3) is 0.412. The molecule has 3 nitrogen and oxygen atoms in total. The van der Waals surface area contributed by atoms with E-state index in [1.165, 1.54) is 35.2 Å². The van der Waals surface area contributed by atoms with E-state index in [2.05, 4.69) is 42.3 Å². The van der Waals surface area contributed by atoms with Crippen molar-refractivity contribution in [2.24, 2.45) is 0 Å². The van der Waals surface area contributed by atoms with Gasteiger partial charge in [0.1, 0.15) is 0 Å². The quantitative estimate of drug-likeness (QED) is 0.906. The molecule has 0 bridgehead atoms. The highest BCUT2D eigenvalue weighted by atomic mass is 14.9. The number of aryl methyl sites for hydroxylation is 3. The number of benzene rings is 1. The Morgan fingerprint density at radius 2 is 2.10 bits per heavy atom. The highest BCUT2D eigenvalue weighted by molar-refractivity contribution is 5.61. The van der Waals surface area contributed by atoms with E-state index in [9.17, 15) is 0 Å². The topological polar surface area (TPSA) is 37.8 Å². The molecule has 1 aliphatic rings. The van der Waals surface area contributed by atoms with Crippen LogP contribution in [0.2, 0.25) is 0 Å². The molecule has 1 unspecified atom stereocenters. The van der Waals surface area contributed by atoms with Gasteiger partial charge in [-0.05, 0) is 51.8 Å². The Kier molecular flexibility index (Phi) is 3.53. The Morgan fingerprint density at radius 3 is 2.90 bits per heavy atom. The lowest BCUT2D eigenvalue weighted by Gasteiger charge is -2.24. The molecule has 3 heteroatoms. The third-order valence-electron chi connectivity index (χ3n) is 4.16. The van der Waals surface area contributed by atoms with Crippen molar-refractivity contribution in [1.29, 1.82) is 0 Å². The summed E-state index contributed by atoms with van der Waals surface area (Å²) in [5.41, 5.74) is 6.12. The van der Waals surface area contributed by atoms with Crippen molar-refractivity contribution < 1.29 is 0 Å². The van der Waals surface area contributed by atoms with Crippen LogP contribution in [0.5, 0.6) is 0 Å². The molecule has 1 aromatic carbocycles. The van der Waals surface area contributed by atoms with Gasteiger partial charge >= 0.3 is 0 Å². The first-order valence-electron chi connectivity index (χ1n) is 7.29. The molecule has 1 heterocycles. The van der Waals surface area contributed by atoms with Crippen molar-refractivity contribution >= 4 is 0 Å². The smallest absolute Gasteiger partial charge is 0.159 e. The van der Waals surface area contributed by atoms with Crippen molar-refractivity contribution in [1.82, 2.24) is 15.3 Å². The summed E-state index contributed by atoms with van der Waals surface area (Å²) < 4.78 is 0. The number of hydrogen-bond donors (Lipinski definition) is 1. The predicted octanol–water partition coefficient (Wildman–Crippen LogP) is 3.36. The van der Waals surface area contributed by atoms with Crippen LogP contribution in [0.1, 0.15) is 41.3 Å². The highest BCUT2D eigenvalue weighted by Crippen LogP contribution is 2.30. The van der Waals surface area contributed by atoms with E-state index in [0.717, 1.165) is 17.8 Å². The maximum absolute atomic E-state index is 4.83. The number of nitrogens with zero attached hydrogens (tertiary/aromatic N) is 2. The Bertz CT molecular complexity index is 634. The van der Waals surface area contributed by atoms with Gasteiger partial charge in [0.2, 0.25) is 0 Å². The molecule has 0 amide bonds. The molecule has 20 heavy (non-hydrogen) atoms. The predicted molar refractivity (Wildman–Crippen MR) is 81.7 cm³/mol. The molecule has 2 aromatic rings. The van der Waals surface area contributed by atoms with Crippen LogP contribution in [0.25, 0.3) is 11.4 Å². The van der Waals surface area contributed by atoms with Crippen LogP contribution >= 0.6 is 0 Å². The Labute approximate surface area is 120 Å². The molecule has 104 valence electrons. The van der Waals surface area contributed by atoms with Crippen LogP contribution in [-0.4, -0.2) is 17.0 Å². The van der Waals surface area contributed by atoms with E-state index in [1.807, 2.05) is 13.2 Å². The van der Waals surface area contributed by atoms with Crippen LogP contribution in [0.4, 0.5) is 0 Å². The van der Waals surface area contributed by atoms with Gasteiger partial charge in [-0.1, -0.05) is 17.7 Å². The lowest BCUT2D eigenvalue weighted by molar-refractivity contribution is 0.488. The molecule has 1 atom stereocenters. The van der Waals surface area contributed by atoms with E-state index >= 15 is 0 Å². The molecule has 0 fully saturated rings.